The zero-order chi connectivity index (χ0) is 15.8. The van der Waals surface area contributed by atoms with E-state index in [1.54, 1.807) is 6.20 Å². The van der Waals surface area contributed by atoms with Crippen LogP contribution in [0.1, 0.15) is 5.56 Å². The smallest absolute Gasteiger partial charge is 0.278 e. The quantitative estimate of drug-likeness (QED) is 0.596. The molecule has 0 atom stereocenters. The van der Waals surface area contributed by atoms with Crippen LogP contribution in [0.5, 0.6) is 0 Å². The Bertz CT molecular complexity index is 1040. The van der Waals surface area contributed by atoms with Crippen molar-refractivity contribution in [2.75, 3.05) is 0 Å². The van der Waals surface area contributed by atoms with Crippen molar-refractivity contribution in [3.63, 3.8) is 0 Å². The molecular formula is C18H14N4O. The standard InChI is InChI=1S/C18H14N4O/c1-11-6-8-12(9-7-11)17-20-18(23)16(21-22-17)14-10-19-15-5-3-2-4-13(14)15/h2-10,19H,1H3,(H,20,22,23). The molecule has 4 aromatic rings. The molecule has 2 N–H and O–H groups in total. The molecule has 2 heterocycles. The van der Waals surface area contributed by atoms with Gasteiger partial charge >= 0.3 is 0 Å². The van der Waals surface area contributed by atoms with Crippen LogP contribution in [0, 0.1) is 6.92 Å². The largest absolute Gasteiger partial charge is 0.360 e. The van der Waals surface area contributed by atoms with Crippen LogP contribution in [0.3, 0.4) is 0 Å². The van der Waals surface area contributed by atoms with Gasteiger partial charge in [-0.15, -0.1) is 10.2 Å². The van der Waals surface area contributed by atoms with Crippen LogP contribution in [0.15, 0.2) is 59.5 Å². The number of nitrogens with one attached hydrogen (secondary N) is 2. The summed E-state index contributed by atoms with van der Waals surface area (Å²) in [5.41, 5.74) is 3.78. The molecule has 0 saturated carbocycles. The highest BCUT2D eigenvalue weighted by Crippen LogP contribution is 2.24. The number of aryl methyl sites for hydroxylation is 1. The van der Waals surface area contributed by atoms with Crippen molar-refractivity contribution in [3.8, 4) is 22.6 Å². The van der Waals surface area contributed by atoms with Crippen molar-refractivity contribution in [2.45, 2.75) is 6.92 Å². The van der Waals surface area contributed by atoms with Gasteiger partial charge in [0.1, 0.15) is 0 Å². The summed E-state index contributed by atoms with van der Waals surface area (Å²) in [5.74, 6) is 0.471. The molecule has 0 amide bonds. The number of nitrogens with zero attached hydrogens (tertiary/aromatic N) is 2. The predicted molar refractivity (Wildman–Crippen MR) is 90.1 cm³/mol. The number of benzene rings is 2. The van der Waals surface area contributed by atoms with E-state index in [9.17, 15) is 4.79 Å². The molecule has 112 valence electrons. The topological polar surface area (TPSA) is 74.4 Å². The zero-order valence-corrected chi connectivity index (χ0v) is 12.5. The summed E-state index contributed by atoms with van der Waals surface area (Å²) in [5, 5.41) is 9.29. The number of aromatic nitrogens is 4. The van der Waals surface area contributed by atoms with Crippen LogP contribution in [-0.2, 0) is 0 Å². The van der Waals surface area contributed by atoms with Crippen LogP contribution in [-0.4, -0.2) is 20.2 Å². The van der Waals surface area contributed by atoms with E-state index in [1.807, 2.05) is 55.5 Å². The molecule has 0 aliphatic heterocycles. The van der Waals surface area contributed by atoms with Gasteiger partial charge in [0.05, 0.1) is 0 Å². The van der Waals surface area contributed by atoms with Crippen LogP contribution >= 0.6 is 0 Å². The van der Waals surface area contributed by atoms with Crippen molar-refractivity contribution >= 4 is 10.9 Å². The SMILES string of the molecule is Cc1ccc(-c2nnc(-c3c[nH]c4ccccc34)c(=O)[nH]2)cc1. The molecular weight excluding hydrogens is 288 g/mol. The van der Waals surface area contributed by atoms with Crippen LogP contribution in [0.25, 0.3) is 33.5 Å². The summed E-state index contributed by atoms with van der Waals surface area (Å²) in [6, 6.07) is 15.6. The average Bonchev–Trinajstić information content (AvgIpc) is 2.99. The lowest BCUT2D eigenvalue weighted by Crippen LogP contribution is -2.14. The molecule has 2 aromatic heterocycles. The first-order valence-corrected chi connectivity index (χ1v) is 7.33. The van der Waals surface area contributed by atoms with Gasteiger partial charge in [-0.25, -0.2) is 0 Å². The Kier molecular flexibility index (Phi) is 3.05. The number of aromatic amines is 2. The highest BCUT2D eigenvalue weighted by Gasteiger charge is 2.13. The maximum Gasteiger partial charge on any atom is 0.278 e. The van der Waals surface area contributed by atoms with E-state index in [0.717, 1.165) is 27.6 Å². The summed E-state index contributed by atoms with van der Waals surface area (Å²) < 4.78 is 0. The van der Waals surface area contributed by atoms with Crippen molar-refractivity contribution in [3.05, 3.63) is 70.6 Å². The van der Waals surface area contributed by atoms with Gasteiger partial charge in [-0.2, -0.15) is 0 Å². The Morgan fingerprint density at radius 1 is 0.957 bits per heavy atom. The minimum atomic E-state index is -0.250. The Labute approximate surface area is 132 Å². The molecule has 0 spiro atoms. The van der Waals surface area contributed by atoms with Crippen LogP contribution in [0.2, 0.25) is 0 Å². The zero-order valence-electron chi connectivity index (χ0n) is 12.5. The monoisotopic (exact) mass is 302 g/mol. The molecule has 5 heteroatoms. The van der Waals surface area contributed by atoms with Crippen molar-refractivity contribution in [1.82, 2.24) is 20.2 Å². The fraction of sp³-hybridized carbons (Fsp3) is 0.0556. The molecule has 2 aromatic carbocycles. The molecule has 0 radical (unpaired) electrons. The number of fused-ring (bicyclic) bond motifs is 1. The minimum Gasteiger partial charge on any atom is -0.360 e. The summed E-state index contributed by atoms with van der Waals surface area (Å²) in [6.45, 7) is 2.01. The highest BCUT2D eigenvalue weighted by atomic mass is 16.1. The summed E-state index contributed by atoms with van der Waals surface area (Å²) in [4.78, 5) is 18.4. The molecule has 5 nitrogen and oxygen atoms in total. The fourth-order valence-electron chi connectivity index (χ4n) is 2.62. The molecule has 0 aliphatic carbocycles. The molecule has 0 saturated heterocycles. The maximum atomic E-state index is 12.5. The fourth-order valence-corrected chi connectivity index (χ4v) is 2.62. The highest BCUT2D eigenvalue weighted by molar-refractivity contribution is 5.94. The Morgan fingerprint density at radius 2 is 1.74 bits per heavy atom. The normalized spacial score (nSPS) is 11.0. The lowest BCUT2D eigenvalue weighted by atomic mass is 10.1. The predicted octanol–water partition coefficient (Wildman–Crippen LogP) is 3.29. The van der Waals surface area contributed by atoms with E-state index in [1.165, 1.54) is 0 Å². The summed E-state index contributed by atoms with van der Waals surface area (Å²) in [7, 11) is 0. The molecule has 0 unspecified atom stereocenters. The van der Waals surface area contributed by atoms with E-state index in [4.69, 9.17) is 0 Å². The molecule has 0 bridgehead atoms. The van der Waals surface area contributed by atoms with Gasteiger partial charge in [0.25, 0.3) is 5.56 Å². The van der Waals surface area contributed by atoms with E-state index < -0.39 is 0 Å². The maximum absolute atomic E-state index is 12.5. The van der Waals surface area contributed by atoms with Crippen LogP contribution < -0.4 is 5.56 Å². The third-order valence-corrected chi connectivity index (χ3v) is 3.87. The number of hydrogen-bond acceptors (Lipinski definition) is 3. The van der Waals surface area contributed by atoms with E-state index in [0.29, 0.717) is 11.5 Å². The minimum absolute atomic E-state index is 0.250. The number of rotatable bonds is 2. The second-order valence-corrected chi connectivity index (χ2v) is 5.47. The molecule has 23 heavy (non-hydrogen) atoms. The number of H-pyrrole nitrogens is 2. The summed E-state index contributed by atoms with van der Waals surface area (Å²) in [6.07, 6.45) is 1.79. The Hall–Kier alpha value is -3.21. The Balaban J connectivity index is 1.82. The van der Waals surface area contributed by atoms with Gasteiger partial charge in [-0.05, 0) is 13.0 Å². The summed E-state index contributed by atoms with van der Waals surface area (Å²) >= 11 is 0. The Morgan fingerprint density at radius 3 is 2.52 bits per heavy atom. The lowest BCUT2D eigenvalue weighted by molar-refractivity contribution is 0.964. The first-order chi connectivity index (χ1) is 11.2. The van der Waals surface area contributed by atoms with E-state index in [2.05, 4.69) is 20.2 Å². The first kappa shape index (κ1) is 13.5. The van der Waals surface area contributed by atoms with Gasteiger partial charge < -0.3 is 9.97 Å². The average molecular weight is 302 g/mol. The third kappa shape index (κ3) is 2.32. The van der Waals surface area contributed by atoms with Crippen molar-refractivity contribution in [1.29, 1.82) is 0 Å². The van der Waals surface area contributed by atoms with Gasteiger partial charge in [-0.3, -0.25) is 4.79 Å². The van der Waals surface area contributed by atoms with Crippen molar-refractivity contribution in [2.24, 2.45) is 0 Å². The van der Waals surface area contributed by atoms with E-state index in [-0.39, 0.29) is 5.56 Å². The first-order valence-electron chi connectivity index (χ1n) is 7.33. The second kappa shape index (κ2) is 5.21. The third-order valence-electron chi connectivity index (χ3n) is 3.87. The number of hydrogen-bond donors (Lipinski definition) is 2. The molecule has 0 fully saturated rings. The van der Waals surface area contributed by atoms with Gasteiger partial charge in [0.15, 0.2) is 11.5 Å². The molecule has 0 aliphatic rings. The van der Waals surface area contributed by atoms with Gasteiger partial charge in [0, 0.05) is 28.2 Å². The second-order valence-electron chi connectivity index (χ2n) is 5.47. The lowest BCUT2D eigenvalue weighted by Gasteiger charge is -2.02. The van der Waals surface area contributed by atoms with E-state index >= 15 is 0 Å². The van der Waals surface area contributed by atoms with Gasteiger partial charge in [-0.1, -0.05) is 48.0 Å². The van der Waals surface area contributed by atoms with Gasteiger partial charge in [0.2, 0.25) is 0 Å². The molecule has 4 rings (SSSR count). The number of para-hydroxylation sites is 1. The van der Waals surface area contributed by atoms with Crippen molar-refractivity contribution < 1.29 is 0 Å². The van der Waals surface area contributed by atoms with Crippen LogP contribution in [0.4, 0.5) is 0 Å².